The molecule has 0 saturated carbocycles. The van der Waals surface area contributed by atoms with Gasteiger partial charge >= 0.3 is 0 Å². The zero-order valence-corrected chi connectivity index (χ0v) is 12.8. The van der Waals surface area contributed by atoms with E-state index in [4.69, 9.17) is 0 Å². The van der Waals surface area contributed by atoms with E-state index in [1.807, 2.05) is 30.3 Å². The molecule has 104 valence electrons. The van der Waals surface area contributed by atoms with Crippen LogP contribution in [-0.4, -0.2) is 29.5 Å². The molecule has 0 saturated heterocycles. The Balaban J connectivity index is 2.01. The first-order valence-corrected chi connectivity index (χ1v) is 7.15. The van der Waals surface area contributed by atoms with Gasteiger partial charge in [0.2, 0.25) is 0 Å². The quantitative estimate of drug-likeness (QED) is 0.930. The normalized spacial score (nSPS) is 10.3. The van der Waals surface area contributed by atoms with Gasteiger partial charge in [-0.2, -0.15) is 0 Å². The second-order valence-electron chi connectivity index (χ2n) is 4.62. The smallest absolute Gasteiger partial charge is 0.257 e. The van der Waals surface area contributed by atoms with Gasteiger partial charge in [-0.15, -0.1) is 0 Å². The van der Waals surface area contributed by atoms with Gasteiger partial charge in [0.25, 0.3) is 5.91 Å². The fourth-order valence-corrected chi connectivity index (χ4v) is 2.28. The zero-order chi connectivity index (χ0) is 14.5. The van der Waals surface area contributed by atoms with Crippen molar-refractivity contribution in [2.45, 2.75) is 6.42 Å². The van der Waals surface area contributed by atoms with E-state index >= 15 is 0 Å². The van der Waals surface area contributed by atoms with Gasteiger partial charge in [-0.1, -0.05) is 46.3 Å². The molecule has 0 spiro atoms. The number of halogens is 1. The van der Waals surface area contributed by atoms with Crippen LogP contribution in [-0.2, 0) is 6.42 Å². The van der Waals surface area contributed by atoms with Crippen LogP contribution in [0.4, 0.5) is 0 Å². The molecule has 0 aliphatic carbocycles. The third kappa shape index (κ3) is 3.61. The Kier molecular flexibility index (Phi) is 4.79. The number of phenolic OH excluding ortho intramolecular Hbond substituents is 1. The van der Waals surface area contributed by atoms with Gasteiger partial charge in [-0.05, 0) is 30.2 Å². The monoisotopic (exact) mass is 333 g/mol. The summed E-state index contributed by atoms with van der Waals surface area (Å²) in [5, 5.41) is 9.82. The fraction of sp³-hybridized carbons (Fsp3) is 0.188. The van der Waals surface area contributed by atoms with Crippen molar-refractivity contribution in [3.8, 4) is 5.75 Å². The van der Waals surface area contributed by atoms with Crippen molar-refractivity contribution < 1.29 is 9.90 Å². The number of nitrogens with zero attached hydrogens (tertiary/aromatic N) is 1. The fourth-order valence-electron chi connectivity index (χ4n) is 1.93. The minimum atomic E-state index is -0.175. The number of phenols is 1. The van der Waals surface area contributed by atoms with E-state index in [1.54, 1.807) is 24.1 Å². The van der Waals surface area contributed by atoms with Crippen molar-refractivity contribution in [2.24, 2.45) is 0 Å². The van der Waals surface area contributed by atoms with Crippen LogP contribution in [0.1, 0.15) is 15.9 Å². The Hall–Kier alpha value is -1.81. The predicted molar refractivity (Wildman–Crippen MR) is 82.9 cm³/mol. The lowest BCUT2D eigenvalue weighted by atomic mass is 10.1. The van der Waals surface area contributed by atoms with E-state index in [9.17, 15) is 9.90 Å². The minimum absolute atomic E-state index is 0.00376. The molecule has 2 aromatic rings. The van der Waals surface area contributed by atoms with Crippen LogP contribution >= 0.6 is 15.9 Å². The second kappa shape index (κ2) is 6.57. The first kappa shape index (κ1) is 14.6. The molecule has 0 atom stereocenters. The van der Waals surface area contributed by atoms with Crippen molar-refractivity contribution in [3.05, 3.63) is 64.1 Å². The summed E-state index contributed by atoms with van der Waals surface area (Å²) in [6, 6.07) is 14.9. The highest BCUT2D eigenvalue weighted by Crippen LogP contribution is 2.23. The molecule has 0 fully saturated rings. The van der Waals surface area contributed by atoms with Crippen LogP contribution in [0, 0.1) is 0 Å². The highest BCUT2D eigenvalue weighted by Gasteiger charge is 2.15. The maximum absolute atomic E-state index is 12.2. The standard InChI is InChI=1S/C16H16BrNO2/c1-18(10-9-12-5-3-2-4-6-12)16(20)14-8-7-13(17)11-15(14)19/h2-8,11,19H,9-10H2,1H3. The Morgan fingerprint density at radius 3 is 2.55 bits per heavy atom. The van der Waals surface area contributed by atoms with Crippen LogP contribution in [0.3, 0.4) is 0 Å². The molecule has 1 amide bonds. The SMILES string of the molecule is CN(CCc1ccccc1)C(=O)c1ccc(Br)cc1O. The summed E-state index contributed by atoms with van der Waals surface area (Å²) in [5.74, 6) is -0.179. The summed E-state index contributed by atoms with van der Waals surface area (Å²) in [4.78, 5) is 13.9. The molecular weight excluding hydrogens is 318 g/mol. The second-order valence-corrected chi connectivity index (χ2v) is 5.54. The Morgan fingerprint density at radius 2 is 1.90 bits per heavy atom. The van der Waals surface area contributed by atoms with Crippen molar-refractivity contribution in [1.29, 1.82) is 0 Å². The largest absolute Gasteiger partial charge is 0.507 e. The van der Waals surface area contributed by atoms with E-state index in [1.165, 1.54) is 11.6 Å². The number of hydrogen-bond donors (Lipinski definition) is 1. The van der Waals surface area contributed by atoms with Crippen molar-refractivity contribution >= 4 is 21.8 Å². The molecule has 4 heteroatoms. The highest BCUT2D eigenvalue weighted by molar-refractivity contribution is 9.10. The molecule has 0 radical (unpaired) electrons. The maximum Gasteiger partial charge on any atom is 0.257 e. The van der Waals surface area contributed by atoms with Gasteiger partial charge in [0.15, 0.2) is 0 Å². The third-order valence-electron chi connectivity index (χ3n) is 3.12. The number of rotatable bonds is 4. The number of benzene rings is 2. The number of amides is 1. The van der Waals surface area contributed by atoms with E-state index < -0.39 is 0 Å². The summed E-state index contributed by atoms with van der Waals surface area (Å²) in [6.45, 7) is 0.609. The minimum Gasteiger partial charge on any atom is -0.507 e. The molecule has 0 bridgehead atoms. The van der Waals surface area contributed by atoms with Gasteiger partial charge in [0.1, 0.15) is 5.75 Å². The Morgan fingerprint density at radius 1 is 1.20 bits per heavy atom. The van der Waals surface area contributed by atoms with E-state index in [-0.39, 0.29) is 11.7 Å². The van der Waals surface area contributed by atoms with Gasteiger partial charge in [0.05, 0.1) is 5.56 Å². The molecule has 1 N–H and O–H groups in total. The first-order valence-electron chi connectivity index (χ1n) is 6.36. The number of hydrogen-bond acceptors (Lipinski definition) is 2. The predicted octanol–water partition coefficient (Wildman–Crippen LogP) is 3.47. The summed E-state index contributed by atoms with van der Waals surface area (Å²) < 4.78 is 0.749. The number of carbonyl (C=O) groups excluding carboxylic acids is 1. The van der Waals surface area contributed by atoms with Gasteiger partial charge in [0, 0.05) is 18.1 Å². The summed E-state index contributed by atoms with van der Waals surface area (Å²) in [6.07, 6.45) is 0.792. The molecule has 0 heterocycles. The van der Waals surface area contributed by atoms with Crippen molar-refractivity contribution in [1.82, 2.24) is 4.90 Å². The average molecular weight is 334 g/mol. The molecule has 3 nitrogen and oxygen atoms in total. The third-order valence-corrected chi connectivity index (χ3v) is 3.61. The van der Waals surface area contributed by atoms with Crippen LogP contribution < -0.4 is 0 Å². The zero-order valence-electron chi connectivity index (χ0n) is 11.2. The van der Waals surface area contributed by atoms with E-state index in [2.05, 4.69) is 15.9 Å². The topological polar surface area (TPSA) is 40.5 Å². The lowest BCUT2D eigenvalue weighted by molar-refractivity contribution is 0.0793. The number of likely N-dealkylation sites (N-methyl/N-ethyl adjacent to an activating group) is 1. The lowest BCUT2D eigenvalue weighted by Gasteiger charge is -2.18. The number of carbonyl (C=O) groups is 1. The summed E-state index contributed by atoms with van der Waals surface area (Å²) in [7, 11) is 1.74. The van der Waals surface area contributed by atoms with E-state index in [0.29, 0.717) is 12.1 Å². The van der Waals surface area contributed by atoms with Gasteiger partial charge in [-0.3, -0.25) is 4.79 Å². The van der Waals surface area contributed by atoms with Crippen LogP contribution in [0.2, 0.25) is 0 Å². The van der Waals surface area contributed by atoms with Crippen LogP contribution in [0.25, 0.3) is 0 Å². The molecule has 2 aromatic carbocycles. The first-order chi connectivity index (χ1) is 9.58. The summed E-state index contributed by atoms with van der Waals surface area (Å²) in [5.41, 5.74) is 1.51. The number of aromatic hydroxyl groups is 1. The molecular formula is C16H16BrNO2. The molecule has 0 aliphatic heterocycles. The van der Waals surface area contributed by atoms with Gasteiger partial charge < -0.3 is 10.0 Å². The van der Waals surface area contributed by atoms with Crippen LogP contribution in [0.15, 0.2) is 53.0 Å². The molecule has 2 rings (SSSR count). The average Bonchev–Trinajstić information content (AvgIpc) is 2.45. The highest BCUT2D eigenvalue weighted by atomic mass is 79.9. The van der Waals surface area contributed by atoms with Crippen molar-refractivity contribution in [3.63, 3.8) is 0 Å². The molecule has 0 aromatic heterocycles. The Labute approximate surface area is 127 Å². The van der Waals surface area contributed by atoms with Crippen molar-refractivity contribution in [2.75, 3.05) is 13.6 Å². The molecule has 20 heavy (non-hydrogen) atoms. The molecule has 0 aliphatic rings. The van der Waals surface area contributed by atoms with E-state index in [0.717, 1.165) is 10.9 Å². The maximum atomic E-state index is 12.2. The van der Waals surface area contributed by atoms with Crippen LogP contribution in [0.5, 0.6) is 5.75 Å². The Bertz CT molecular complexity index is 599. The lowest BCUT2D eigenvalue weighted by Crippen LogP contribution is -2.28. The van der Waals surface area contributed by atoms with Gasteiger partial charge in [-0.25, -0.2) is 0 Å². The summed E-state index contributed by atoms with van der Waals surface area (Å²) >= 11 is 3.26. The molecule has 0 unspecified atom stereocenters.